The smallest absolute Gasteiger partial charge is 0.310 e. The lowest BCUT2D eigenvalue weighted by molar-refractivity contribution is -0.143. The van der Waals surface area contributed by atoms with E-state index in [1.807, 2.05) is 6.92 Å². The van der Waals surface area contributed by atoms with Crippen LogP contribution in [0.4, 0.5) is 0 Å². The molecule has 1 aliphatic carbocycles. The molecule has 0 aromatic carbocycles. The van der Waals surface area contributed by atoms with Gasteiger partial charge in [-0.3, -0.25) is 9.59 Å². The van der Waals surface area contributed by atoms with E-state index in [0.29, 0.717) is 18.7 Å². The molecule has 0 fully saturated rings. The number of aliphatic imine (C=N–C) groups is 1. The predicted octanol–water partition coefficient (Wildman–Crippen LogP) is 1.87. The fraction of sp³-hybridized carbons (Fsp3) is 0.357. The zero-order chi connectivity index (χ0) is 13.8. The maximum absolute atomic E-state index is 11.8. The van der Waals surface area contributed by atoms with Crippen molar-refractivity contribution in [2.24, 2.45) is 10.9 Å². The molecule has 1 N–H and O–H groups in total. The zero-order valence-electron chi connectivity index (χ0n) is 10.6. The molecule has 19 heavy (non-hydrogen) atoms. The Hall–Kier alpha value is -2.17. The van der Waals surface area contributed by atoms with Gasteiger partial charge in [0, 0.05) is 0 Å². The third-order valence-electron chi connectivity index (χ3n) is 2.88. The number of dihydropyridines is 1. The molecule has 0 saturated heterocycles. The van der Waals surface area contributed by atoms with Gasteiger partial charge in [-0.1, -0.05) is 25.2 Å². The fourth-order valence-electron chi connectivity index (χ4n) is 1.93. The third kappa shape index (κ3) is 2.81. The van der Waals surface area contributed by atoms with Crippen LogP contribution < -0.4 is 0 Å². The van der Waals surface area contributed by atoms with Crippen LogP contribution in [0.25, 0.3) is 0 Å². The lowest BCUT2D eigenvalue weighted by Crippen LogP contribution is -2.26. The number of esters is 1. The number of amides is 1. The Kier molecular flexibility index (Phi) is 3.94. The van der Waals surface area contributed by atoms with E-state index in [4.69, 9.17) is 4.74 Å². The number of rotatable bonds is 4. The van der Waals surface area contributed by atoms with Crippen molar-refractivity contribution in [2.45, 2.75) is 19.8 Å². The molecule has 0 spiro atoms. The number of aliphatic hydroxyl groups is 1. The van der Waals surface area contributed by atoms with Crippen LogP contribution >= 0.6 is 0 Å². The predicted molar refractivity (Wildman–Crippen MR) is 69.7 cm³/mol. The maximum atomic E-state index is 11.8. The molecule has 0 saturated carbocycles. The zero-order valence-corrected chi connectivity index (χ0v) is 10.6. The molecule has 1 heterocycles. The molecular formula is C14H15NO4. The monoisotopic (exact) mass is 261 g/mol. The number of aliphatic hydroxyl groups excluding tert-OH is 1. The van der Waals surface area contributed by atoms with Crippen LogP contribution in [0.15, 0.2) is 40.6 Å². The summed E-state index contributed by atoms with van der Waals surface area (Å²) in [7, 11) is 0. The topological polar surface area (TPSA) is 76.0 Å². The first-order valence-corrected chi connectivity index (χ1v) is 6.19. The van der Waals surface area contributed by atoms with Crippen molar-refractivity contribution in [1.29, 1.82) is 0 Å². The highest BCUT2D eigenvalue weighted by molar-refractivity contribution is 6.14. The van der Waals surface area contributed by atoms with E-state index >= 15 is 0 Å². The molecule has 100 valence electrons. The van der Waals surface area contributed by atoms with E-state index < -0.39 is 17.8 Å². The molecule has 5 heteroatoms. The number of hydrogen-bond donors (Lipinski definition) is 1. The van der Waals surface area contributed by atoms with Crippen LogP contribution in [-0.4, -0.2) is 29.3 Å². The molecule has 0 aromatic heterocycles. The average Bonchev–Trinajstić information content (AvgIpc) is 2.41. The number of allylic oxidation sites excluding steroid dienone is 4. The van der Waals surface area contributed by atoms with Crippen molar-refractivity contribution in [3.63, 3.8) is 0 Å². The third-order valence-corrected chi connectivity index (χ3v) is 2.88. The van der Waals surface area contributed by atoms with Gasteiger partial charge in [-0.15, -0.1) is 0 Å². The summed E-state index contributed by atoms with van der Waals surface area (Å²) in [5.41, 5.74) is 0.519. The van der Waals surface area contributed by atoms with E-state index in [0.717, 1.165) is 0 Å². The van der Waals surface area contributed by atoms with Gasteiger partial charge in [0.1, 0.15) is 5.76 Å². The lowest BCUT2D eigenvalue weighted by atomic mass is 9.90. The van der Waals surface area contributed by atoms with Crippen molar-refractivity contribution in [3.8, 4) is 0 Å². The van der Waals surface area contributed by atoms with Crippen molar-refractivity contribution in [3.05, 3.63) is 35.6 Å². The van der Waals surface area contributed by atoms with Crippen LogP contribution in [0.5, 0.6) is 0 Å². The Bertz CT molecular complexity index is 526. The van der Waals surface area contributed by atoms with Crippen molar-refractivity contribution in [1.82, 2.24) is 0 Å². The molecule has 1 atom stereocenters. The molecule has 0 radical (unpaired) electrons. The Labute approximate surface area is 111 Å². The second kappa shape index (κ2) is 5.65. The van der Waals surface area contributed by atoms with Crippen LogP contribution in [0.3, 0.4) is 0 Å². The van der Waals surface area contributed by atoms with Crippen LogP contribution in [0.2, 0.25) is 0 Å². The summed E-state index contributed by atoms with van der Waals surface area (Å²) in [6.07, 6.45) is 7.39. The number of carbonyl (C=O) groups is 2. The Morgan fingerprint density at radius 1 is 1.47 bits per heavy atom. The summed E-state index contributed by atoms with van der Waals surface area (Å²) in [5, 5.41) is 10.1. The minimum absolute atomic E-state index is 0.0230. The normalized spacial score (nSPS) is 21.2. The molecule has 0 bridgehead atoms. The molecule has 5 nitrogen and oxygen atoms in total. The van der Waals surface area contributed by atoms with Gasteiger partial charge < -0.3 is 9.84 Å². The highest BCUT2D eigenvalue weighted by Gasteiger charge is 2.31. The highest BCUT2D eigenvalue weighted by atomic mass is 16.5. The molecule has 0 aromatic rings. The molecule has 2 rings (SSSR count). The average molecular weight is 261 g/mol. The van der Waals surface area contributed by atoms with Gasteiger partial charge in [0.15, 0.2) is 0 Å². The Morgan fingerprint density at radius 3 is 3.00 bits per heavy atom. The van der Waals surface area contributed by atoms with Gasteiger partial charge in [-0.2, -0.15) is 0 Å². The molecule has 1 amide bonds. The summed E-state index contributed by atoms with van der Waals surface area (Å²) in [4.78, 5) is 27.2. The summed E-state index contributed by atoms with van der Waals surface area (Å²) in [6, 6.07) is 0. The van der Waals surface area contributed by atoms with Gasteiger partial charge in [0.25, 0.3) is 5.91 Å². The minimum atomic E-state index is -0.572. The minimum Gasteiger partial charge on any atom is -0.511 e. The van der Waals surface area contributed by atoms with Crippen molar-refractivity contribution in [2.75, 3.05) is 6.61 Å². The highest BCUT2D eigenvalue weighted by Crippen LogP contribution is 2.27. The van der Waals surface area contributed by atoms with Gasteiger partial charge >= 0.3 is 5.97 Å². The standard InChI is InChI=1S/C14H15NO4/c1-2-7-19-12(16)8-10-13(17)9-5-3-4-6-11(9)15-14(10)18/h3-6,9,17H,2,7-8H2,1H3. The van der Waals surface area contributed by atoms with Crippen LogP contribution in [-0.2, 0) is 14.3 Å². The molecule has 1 unspecified atom stereocenters. The number of carbonyl (C=O) groups excluding carboxylic acids is 2. The Morgan fingerprint density at radius 2 is 2.26 bits per heavy atom. The summed E-state index contributed by atoms with van der Waals surface area (Å²) in [6.45, 7) is 2.19. The summed E-state index contributed by atoms with van der Waals surface area (Å²) < 4.78 is 4.91. The fourth-order valence-corrected chi connectivity index (χ4v) is 1.93. The van der Waals surface area contributed by atoms with E-state index in [1.54, 1.807) is 24.3 Å². The van der Waals surface area contributed by atoms with Crippen molar-refractivity contribution >= 4 is 17.6 Å². The van der Waals surface area contributed by atoms with Gasteiger partial charge in [-0.25, -0.2) is 4.99 Å². The SMILES string of the molecule is CCCOC(=O)CC1=C(O)C2C=CC=CC2=NC1=O. The quantitative estimate of drug-likeness (QED) is 0.784. The van der Waals surface area contributed by atoms with E-state index in [2.05, 4.69) is 4.99 Å². The first-order chi connectivity index (χ1) is 9.13. The van der Waals surface area contributed by atoms with Crippen LogP contribution in [0.1, 0.15) is 19.8 Å². The Balaban J connectivity index is 2.16. The molecular weight excluding hydrogens is 246 g/mol. The maximum Gasteiger partial charge on any atom is 0.310 e. The molecule has 1 aliphatic heterocycles. The lowest BCUT2D eigenvalue weighted by Gasteiger charge is -2.21. The van der Waals surface area contributed by atoms with Crippen molar-refractivity contribution < 1.29 is 19.4 Å². The number of nitrogens with zero attached hydrogens (tertiary/aromatic N) is 1. The molecule has 2 aliphatic rings. The van der Waals surface area contributed by atoms with E-state index in [1.165, 1.54) is 0 Å². The summed E-state index contributed by atoms with van der Waals surface area (Å²) in [5.74, 6) is -1.64. The first kappa shape index (κ1) is 13.3. The second-order valence-electron chi connectivity index (χ2n) is 4.32. The van der Waals surface area contributed by atoms with Crippen LogP contribution in [0, 0.1) is 5.92 Å². The number of fused-ring (bicyclic) bond motifs is 1. The van der Waals surface area contributed by atoms with Gasteiger partial charge in [0.2, 0.25) is 0 Å². The van der Waals surface area contributed by atoms with Gasteiger partial charge in [0.05, 0.1) is 30.2 Å². The summed E-state index contributed by atoms with van der Waals surface area (Å²) >= 11 is 0. The first-order valence-electron chi connectivity index (χ1n) is 6.19. The van der Waals surface area contributed by atoms with E-state index in [9.17, 15) is 14.7 Å². The van der Waals surface area contributed by atoms with E-state index in [-0.39, 0.29) is 17.8 Å². The second-order valence-corrected chi connectivity index (χ2v) is 4.32. The number of hydrogen-bond acceptors (Lipinski definition) is 4. The number of ether oxygens (including phenoxy) is 1. The largest absolute Gasteiger partial charge is 0.511 e. The van der Waals surface area contributed by atoms with Gasteiger partial charge in [-0.05, 0) is 12.5 Å².